The van der Waals surface area contributed by atoms with Crippen molar-refractivity contribution < 1.29 is 4.79 Å². The summed E-state index contributed by atoms with van der Waals surface area (Å²) in [5.41, 5.74) is 1.45. The minimum atomic E-state index is -0.0679. The van der Waals surface area contributed by atoms with Crippen molar-refractivity contribution in [2.24, 2.45) is 0 Å². The summed E-state index contributed by atoms with van der Waals surface area (Å²) >= 11 is 0. The van der Waals surface area contributed by atoms with Crippen LogP contribution in [0.15, 0.2) is 18.3 Å². The number of rotatable bonds is 7. The molecule has 1 amide bonds. The Kier molecular flexibility index (Phi) is 4.74. The summed E-state index contributed by atoms with van der Waals surface area (Å²) in [6, 6.07) is 4.05. The second-order valence-corrected chi connectivity index (χ2v) is 5.26. The molecule has 1 aliphatic rings. The lowest BCUT2D eigenvalue weighted by molar-refractivity contribution is 0.0946. The van der Waals surface area contributed by atoms with E-state index in [4.69, 9.17) is 0 Å². The molecule has 1 heterocycles. The van der Waals surface area contributed by atoms with E-state index in [1.807, 2.05) is 6.07 Å². The Hall–Kier alpha value is -1.62. The zero-order valence-corrected chi connectivity index (χ0v) is 11.6. The number of anilines is 1. The summed E-state index contributed by atoms with van der Waals surface area (Å²) < 4.78 is 0. The van der Waals surface area contributed by atoms with Crippen LogP contribution in [0, 0.1) is 0 Å². The maximum absolute atomic E-state index is 11.7. The molecule has 104 valence electrons. The number of carbonyl (C=O) groups excluding carboxylic acids is 1. The first kappa shape index (κ1) is 13.8. The van der Waals surface area contributed by atoms with Gasteiger partial charge < -0.3 is 15.5 Å². The average molecular weight is 262 g/mol. The number of amides is 1. The average Bonchev–Trinajstić information content (AvgIpc) is 3.19. The third-order valence-electron chi connectivity index (χ3n) is 3.02. The van der Waals surface area contributed by atoms with Crippen molar-refractivity contribution in [1.29, 1.82) is 0 Å². The predicted octanol–water partition coefficient (Wildman–Crippen LogP) is 1.34. The molecule has 0 unspecified atom stereocenters. The number of pyridine rings is 1. The first-order valence-electron chi connectivity index (χ1n) is 6.80. The molecule has 0 atom stereocenters. The lowest BCUT2D eigenvalue weighted by Crippen LogP contribution is -2.26. The summed E-state index contributed by atoms with van der Waals surface area (Å²) in [7, 11) is 4.13. The molecule has 1 aromatic heterocycles. The van der Waals surface area contributed by atoms with Gasteiger partial charge in [0, 0.05) is 12.6 Å². The molecule has 1 fully saturated rings. The van der Waals surface area contributed by atoms with Gasteiger partial charge in [-0.05, 0) is 52.0 Å². The predicted molar refractivity (Wildman–Crippen MR) is 76.4 cm³/mol. The van der Waals surface area contributed by atoms with Crippen molar-refractivity contribution in [2.75, 3.05) is 32.5 Å². The number of hydrogen-bond donors (Lipinski definition) is 2. The molecule has 0 aliphatic heterocycles. The molecule has 0 radical (unpaired) electrons. The molecule has 2 N–H and O–H groups in total. The molecule has 0 spiro atoms. The Bertz CT molecular complexity index is 412. The molecule has 0 saturated heterocycles. The van der Waals surface area contributed by atoms with Crippen LogP contribution in [0.3, 0.4) is 0 Å². The monoisotopic (exact) mass is 262 g/mol. The van der Waals surface area contributed by atoms with Crippen LogP contribution in [-0.2, 0) is 0 Å². The van der Waals surface area contributed by atoms with Crippen molar-refractivity contribution in [3.8, 4) is 0 Å². The zero-order chi connectivity index (χ0) is 13.7. The fraction of sp³-hybridized carbons (Fsp3) is 0.571. The van der Waals surface area contributed by atoms with Crippen LogP contribution >= 0.6 is 0 Å². The van der Waals surface area contributed by atoms with Crippen LogP contribution in [0.4, 0.5) is 5.69 Å². The second-order valence-electron chi connectivity index (χ2n) is 5.26. The maximum Gasteiger partial charge on any atom is 0.270 e. The van der Waals surface area contributed by atoms with Gasteiger partial charge in [0.2, 0.25) is 0 Å². The van der Waals surface area contributed by atoms with Crippen LogP contribution in [0.5, 0.6) is 0 Å². The highest BCUT2D eigenvalue weighted by Crippen LogP contribution is 2.19. The lowest BCUT2D eigenvalue weighted by Gasteiger charge is -2.10. The van der Waals surface area contributed by atoms with Gasteiger partial charge in [-0.15, -0.1) is 0 Å². The molecular formula is C14H22N4O. The molecule has 1 aromatic rings. The highest BCUT2D eigenvalue weighted by atomic mass is 16.2. The molecule has 5 heteroatoms. The largest absolute Gasteiger partial charge is 0.384 e. The summed E-state index contributed by atoms with van der Waals surface area (Å²) in [5.74, 6) is -0.0679. The van der Waals surface area contributed by atoms with Gasteiger partial charge in [-0.2, -0.15) is 0 Å². The fourth-order valence-electron chi connectivity index (χ4n) is 1.75. The Morgan fingerprint density at radius 1 is 1.42 bits per heavy atom. The number of hydrogen-bond acceptors (Lipinski definition) is 4. The quantitative estimate of drug-likeness (QED) is 0.728. The molecule has 1 aliphatic carbocycles. The SMILES string of the molecule is CN(C)CCCNc1ccc(C(=O)NC2CC2)nc1. The van der Waals surface area contributed by atoms with E-state index >= 15 is 0 Å². The second kappa shape index (κ2) is 6.52. The van der Waals surface area contributed by atoms with Crippen molar-refractivity contribution in [2.45, 2.75) is 25.3 Å². The number of carbonyl (C=O) groups is 1. The van der Waals surface area contributed by atoms with Crippen molar-refractivity contribution in [3.63, 3.8) is 0 Å². The van der Waals surface area contributed by atoms with E-state index < -0.39 is 0 Å². The molecule has 1 saturated carbocycles. The van der Waals surface area contributed by atoms with Gasteiger partial charge in [0.05, 0.1) is 11.9 Å². The standard InChI is InChI=1S/C14H22N4O/c1-18(2)9-3-8-15-12-6-7-13(16-10-12)14(19)17-11-4-5-11/h6-7,10-11,15H,3-5,8-9H2,1-2H3,(H,17,19). The first-order chi connectivity index (χ1) is 9.15. The molecule has 0 bridgehead atoms. The van der Waals surface area contributed by atoms with Crippen LogP contribution in [0.25, 0.3) is 0 Å². The Morgan fingerprint density at radius 3 is 2.79 bits per heavy atom. The number of nitrogens with zero attached hydrogens (tertiary/aromatic N) is 2. The third kappa shape index (κ3) is 4.87. The smallest absolute Gasteiger partial charge is 0.270 e. The highest BCUT2D eigenvalue weighted by Gasteiger charge is 2.24. The van der Waals surface area contributed by atoms with E-state index in [9.17, 15) is 4.79 Å². The van der Waals surface area contributed by atoms with E-state index in [2.05, 4.69) is 34.6 Å². The molecular weight excluding hydrogens is 240 g/mol. The van der Waals surface area contributed by atoms with E-state index in [0.29, 0.717) is 11.7 Å². The maximum atomic E-state index is 11.7. The third-order valence-corrected chi connectivity index (χ3v) is 3.02. The molecule has 19 heavy (non-hydrogen) atoms. The van der Waals surface area contributed by atoms with Gasteiger partial charge in [0.15, 0.2) is 0 Å². The summed E-state index contributed by atoms with van der Waals surface area (Å²) in [6.07, 6.45) is 4.99. The molecule has 2 rings (SSSR count). The first-order valence-corrected chi connectivity index (χ1v) is 6.80. The van der Waals surface area contributed by atoms with Crippen LogP contribution in [-0.4, -0.2) is 49.0 Å². The number of nitrogens with one attached hydrogen (secondary N) is 2. The van der Waals surface area contributed by atoms with Gasteiger partial charge in [-0.25, -0.2) is 4.98 Å². The Morgan fingerprint density at radius 2 is 2.21 bits per heavy atom. The van der Waals surface area contributed by atoms with Crippen LogP contribution in [0.2, 0.25) is 0 Å². The van der Waals surface area contributed by atoms with Crippen molar-refractivity contribution >= 4 is 11.6 Å². The van der Waals surface area contributed by atoms with E-state index in [0.717, 1.165) is 38.0 Å². The van der Waals surface area contributed by atoms with E-state index in [1.54, 1.807) is 12.3 Å². The molecule has 5 nitrogen and oxygen atoms in total. The van der Waals surface area contributed by atoms with Gasteiger partial charge >= 0.3 is 0 Å². The van der Waals surface area contributed by atoms with Gasteiger partial charge in [0.1, 0.15) is 5.69 Å². The van der Waals surface area contributed by atoms with E-state index in [-0.39, 0.29) is 5.91 Å². The van der Waals surface area contributed by atoms with Gasteiger partial charge in [-0.1, -0.05) is 0 Å². The summed E-state index contributed by atoms with van der Waals surface area (Å²) in [6.45, 7) is 1.97. The van der Waals surface area contributed by atoms with Crippen LogP contribution < -0.4 is 10.6 Å². The van der Waals surface area contributed by atoms with E-state index in [1.165, 1.54) is 0 Å². The fourth-order valence-corrected chi connectivity index (χ4v) is 1.75. The Labute approximate surface area is 114 Å². The Balaban J connectivity index is 1.75. The minimum Gasteiger partial charge on any atom is -0.384 e. The molecule has 0 aromatic carbocycles. The normalized spacial score (nSPS) is 14.5. The van der Waals surface area contributed by atoms with Crippen molar-refractivity contribution in [3.05, 3.63) is 24.0 Å². The lowest BCUT2D eigenvalue weighted by atomic mass is 10.3. The summed E-state index contributed by atoms with van der Waals surface area (Å²) in [5, 5.41) is 6.23. The van der Waals surface area contributed by atoms with Crippen molar-refractivity contribution in [1.82, 2.24) is 15.2 Å². The van der Waals surface area contributed by atoms with Crippen LogP contribution in [0.1, 0.15) is 29.8 Å². The zero-order valence-electron chi connectivity index (χ0n) is 11.6. The van der Waals surface area contributed by atoms with Gasteiger partial charge in [-0.3, -0.25) is 4.79 Å². The topological polar surface area (TPSA) is 57.3 Å². The highest BCUT2D eigenvalue weighted by molar-refractivity contribution is 5.92. The number of aromatic nitrogens is 1. The summed E-state index contributed by atoms with van der Waals surface area (Å²) in [4.78, 5) is 18.1. The minimum absolute atomic E-state index is 0.0679. The van der Waals surface area contributed by atoms with Gasteiger partial charge in [0.25, 0.3) is 5.91 Å².